The summed E-state index contributed by atoms with van der Waals surface area (Å²) in [5.74, 6) is -1.34. The number of rotatable bonds is 5. The van der Waals surface area contributed by atoms with Gasteiger partial charge in [-0.15, -0.1) is 5.10 Å². The maximum absolute atomic E-state index is 11.2. The molecule has 0 aromatic carbocycles. The first kappa shape index (κ1) is 12.7. The number of aromatic nitrogens is 3. The van der Waals surface area contributed by atoms with Gasteiger partial charge in [-0.1, -0.05) is 5.21 Å². The van der Waals surface area contributed by atoms with Crippen molar-refractivity contribution >= 4 is 17.0 Å². The minimum absolute atomic E-state index is 0.108. The first-order valence-corrected chi connectivity index (χ1v) is 5.42. The summed E-state index contributed by atoms with van der Waals surface area (Å²) in [7, 11) is 0. The minimum atomic E-state index is -2.40. The normalized spacial score (nSPS) is 18.7. The lowest BCUT2D eigenvalue weighted by molar-refractivity contribution is -0.139. The second-order valence-corrected chi connectivity index (χ2v) is 4.91. The first-order chi connectivity index (χ1) is 7.38. The zero-order chi connectivity index (χ0) is 12.3. The molecule has 1 aromatic heterocycles. The number of hydrogen-bond acceptors (Lipinski definition) is 5. The van der Waals surface area contributed by atoms with Crippen LogP contribution in [-0.4, -0.2) is 45.6 Å². The van der Waals surface area contributed by atoms with E-state index in [-0.39, 0.29) is 6.54 Å². The lowest BCUT2D eigenvalue weighted by atomic mass is 10.0. The number of aliphatic carboxylic acids is 1. The van der Waals surface area contributed by atoms with Gasteiger partial charge in [0.1, 0.15) is 10.8 Å². The highest BCUT2D eigenvalue weighted by molar-refractivity contribution is 7.80. The van der Waals surface area contributed by atoms with Crippen LogP contribution in [0, 0.1) is 0 Å². The maximum atomic E-state index is 11.2. The van der Waals surface area contributed by atoms with Crippen LogP contribution in [0.2, 0.25) is 0 Å². The summed E-state index contributed by atoms with van der Waals surface area (Å²) in [4.78, 5) is 10.8. The smallest absolute Gasteiger partial charge is 0.322 e. The van der Waals surface area contributed by atoms with Gasteiger partial charge in [0.15, 0.2) is 11.1 Å². The lowest BCUT2D eigenvalue weighted by Gasteiger charge is -2.28. The van der Waals surface area contributed by atoms with E-state index >= 15 is 0 Å². The van der Waals surface area contributed by atoms with Crippen molar-refractivity contribution in [3.8, 4) is 0 Å². The molecule has 1 rings (SSSR count). The molecule has 0 amide bonds. The third-order valence-electron chi connectivity index (χ3n) is 2.27. The molecular formula is C7H12N4O4S. The van der Waals surface area contributed by atoms with Crippen LogP contribution < -0.4 is 5.73 Å². The SMILES string of the molecule is CC(Cn1ccnn1)([C@@H](N)C(=O)O)S(=O)O. The molecule has 3 atom stereocenters. The van der Waals surface area contributed by atoms with Gasteiger partial charge in [0.05, 0.1) is 12.7 Å². The zero-order valence-corrected chi connectivity index (χ0v) is 9.29. The van der Waals surface area contributed by atoms with E-state index in [9.17, 15) is 9.00 Å². The van der Waals surface area contributed by atoms with E-state index < -0.39 is 27.8 Å². The molecule has 0 bridgehead atoms. The van der Waals surface area contributed by atoms with Gasteiger partial charge in [-0.3, -0.25) is 9.48 Å². The molecule has 16 heavy (non-hydrogen) atoms. The molecule has 0 aliphatic heterocycles. The summed E-state index contributed by atoms with van der Waals surface area (Å²) < 4.78 is 20.1. The van der Waals surface area contributed by atoms with Gasteiger partial charge < -0.3 is 15.4 Å². The largest absolute Gasteiger partial charge is 0.480 e. The first-order valence-electron chi connectivity index (χ1n) is 4.31. The van der Waals surface area contributed by atoms with Crippen molar-refractivity contribution in [2.24, 2.45) is 5.73 Å². The van der Waals surface area contributed by atoms with Crippen LogP contribution in [0.25, 0.3) is 0 Å². The zero-order valence-electron chi connectivity index (χ0n) is 8.48. The Morgan fingerprint density at radius 3 is 2.75 bits per heavy atom. The molecule has 0 saturated heterocycles. The highest BCUT2D eigenvalue weighted by Crippen LogP contribution is 2.19. The standard InChI is InChI=1S/C7H12N4O4S/c1-7(16(14)15,5(8)6(12)13)4-11-3-2-9-10-11/h2-3,5H,4,8H2,1H3,(H,12,13)(H,14,15)/t5-,7?/m0/s1. The Kier molecular flexibility index (Phi) is 3.73. The number of carboxylic acids is 1. The fourth-order valence-corrected chi connectivity index (χ4v) is 1.72. The second-order valence-electron chi connectivity index (χ2n) is 3.48. The molecule has 8 nitrogen and oxygen atoms in total. The van der Waals surface area contributed by atoms with Crippen molar-refractivity contribution in [3.05, 3.63) is 12.4 Å². The topological polar surface area (TPSA) is 131 Å². The minimum Gasteiger partial charge on any atom is -0.480 e. The van der Waals surface area contributed by atoms with E-state index in [1.165, 1.54) is 24.0 Å². The summed E-state index contributed by atoms with van der Waals surface area (Å²) in [5.41, 5.74) is 5.40. The Hall–Kier alpha value is -1.32. The molecule has 0 aliphatic rings. The Bertz CT molecular complexity index is 395. The molecule has 0 saturated carbocycles. The molecule has 1 heterocycles. The van der Waals surface area contributed by atoms with Crippen LogP contribution in [0.5, 0.6) is 0 Å². The van der Waals surface area contributed by atoms with Gasteiger partial charge in [-0.05, 0) is 6.92 Å². The van der Waals surface area contributed by atoms with E-state index in [2.05, 4.69) is 10.3 Å². The van der Waals surface area contributed by atoms with Crippen molar-refractivity contribution in [1.82, 2.24) is 15.0 Å². The van der Waals surface area contributed by atoms with Crippen LogP contribution >= 0.6 is 0 Å². The molecule has 2 unspecified atom stereocenters. The molecule has 0 radical (unpaired) electrons. The van der Waals surface area contributed by atoms with Crippen molar-refractivity contribution in [1.29, 1.82) is 0 Å². The summed E-state index contributed by atoms with van der Waals surface area (Å²) in [6.45, 7) is 1.20. The summed E-state index contributed by atoms with van der Waals surface area (Å²) >= 11 is -2.40. The molecule has 0 aliphatic carbocycles. The van der Waals surface area contributed by atoms with Gasteiger partial charge in [0, 0.05) is 6.20 Å². The van der Waals surface area contributed by atoms with Gasteiger partial charge in [0.2, 0.25) is 0 Å². The van der Waals surface area contributed by atoms with E-state index in [1.54, 1.807) is 0 Å². The maximum Gasteiger partial charge on any atom is 0.322 e. The second kappa shape index (κ2) is 4.68. The molecule has 90 valence electrons. The van der Waals surface area contributed by atoms with Crippen LogP contribution in [0.4, 0.5) is 0 Å². The molecular weight excluding hydrogens is 236 g/mol. The number of nitrogens with zero attached hydrogens (tertiary/aromatic N) is 3. The van der Waals surface area contributed by atoms with Crippen molar-refractivity contribution in [3.63, 3.8) is 0 Å². The van der Waals surface area contributed by atoms with Gasteiger partial charge in [0.25, 0.3) is 0 Å². The Morgan fingerprint density at radius 2 is 2.38 bits per heavy atom. The fraction of sp³-hybridized carbons (Fsp3) is 0.571. The highest BCUT2D eigenvalue weighted by Gasteiger charge is 2.43. The third kappa shape index (κ3) is 2.43. The monoisotopic (exact) mass is 248 g/mol. The van der Waals surface area contributed by atoms with Gasteiger partial charge in [-0.2, -0.15) is 0 Å². The molecule has 9 heteroatoms. The van der Waals surface area contributed by atoms with Crippen LogP contribution in [-0.2, 0) is 22.4 Å². The van der Waals surface area contributed by atoms with Crippen LogP contribution in [0.1, 0.15) is 6.92 Å². The lowest BCUT2D eigenvalue weighted by Crippen LogP contribution is -2.55. The summed E-state index contributed by atoms with van der Waals surface area (Å²) in [5, 5.41) is 15.9. The Morgan fingerprint density at radius 1 is 1.75 bits per heavy atom. The fourth-order valence-electron chi connectivity index (χ4n) is 1.16. The van der Waals surface area contributed by atoms with Crippen molar-refractivity contribution in [2.75, 3.05) is 0 Å². The molecule has 0 fully saturated rings. The number of carboxylic acid groups (broad SMARTS) is 1. The average Bonchev–Trinajstić information content (AvgIpc) is 2.68. The number of nitrogens with two attached hydrogens (primary N) is 1. The van der Waals surface area contributed by atoms with Crippen molar-refractivity contribution < 1.29 is 18.7 Å². The van der Waals surface area contributed by atoms with E-state index in [0.29, 0.717) is 0 Å². The molecule has 0 spiro atoms. The van der Waals surface area contributed by atoms with E-state index in [1.807, 2.05) is 0 Å². The number of hydrogen-bond donors (Lipinski definition) is 3. The Balaban J connectivity index is 2.97. The summed E-state index contributed by atoms with van der Waals surface area (Å²) in [6, 6.07) is -1.47. The molecule has 4 N–H and O–H groups in total. The quantitative estimate of drug-likeness (QED) is 0.550. The Labute approximate surface area is 93.7 Å². The van der Waals surface area contributed by atoms with Crippen molar-refractivity contribution in [2.45, 2.75) is 24.3 Å². The van der Waals surface area contributed by atoms with Gasteiger partial charge >= 0.3 is 5.97 Å². The van der Waals surface area contributed by atoms with E-state index in [4.69, 9.17) is 15.4 Å². The number of carbonyl (C=O) groups is 1. The summed E-state index contributed by atoms with van der Waals surface area (Å²) in [6.07, 6.45) is 2.84. The third-order valence-corrected chi connectivity index (χ3v) is 3.45. The predicted octanol–water partition coefficient (Wildman–Crippen LogP) is -1.33. The van der Waals surface area contributed by atoms with E-state index in [0.717, 1.165) is 0 Å². The van der Waals surface area contributed by atoms with Gasteiger partial charge in [-0.25, -0.2) is 4.21 Å². The highest BCUT2D eigenvalue weighted by atomic mass is 32.2. The molecule has 1 aromatic rings. The van der Waals surface area contributed by atoms with Crippen LogP contribution in [0.15, 0.2) is 12.4 Å². The van der Waals surface area contributed by atoms with Crippen LogP contribution in [0.3, 0.4) is 0 Å². The predicted molar refractivity (Wildman–Crippen MR) is 54.8 cm³/mol. The average molecular weight is 248 g/mol.